The summed E-state index contributed by atoms with van der Waals surface area (Å²) < 4.78 is 53.6. The summed E-state index contributed by atoms with van der Waals surface area (Å²) >= 11 is 0. The largest absolute Gasteiger partial charge is 0.366 e. The van der Waals surface area contributed by atoms with E-state index in [1.54, 1.807) is 0 Å². The van der Waals surface area contributed by atoms with Crippen molar-refractivity contribution in [1.29, 1.82) is 0 Å². The highest BCUT2D eigenvalue weighted by molar-refractivity contribution is 7.89. The van der Waals surface area contributed by atoms with Crippen LogP contribution in [0.3, 0.4) is 0 Å². The Morgan fingerprint density at radius 3 is 2.32 bits per heavy atom. The van der Waals surface area contributed by atoms with Gasteiger partial charge in [0.2, 0.25) is 10.0 Å². The number of hydrogen-bond donors (Lipinski definition) is 0. The van der Waals surface area contributed by atoms with Gasteiger partial charge in [-0.1, -0.05) is 17.7 Å². The molecule has 1 atom stereocenters. The number of aryl methyl sites for hydroxylation is 1. The fourth-order valence-electron chi connectivity index (χ4n) is 3.09. The van der Waals surface area contributed by atoms with Crippen molar-refractivity contribution in [2.75, 3.05) is 24.5 Å². The van der Waals surface area contributed by atoms with E-state index in [-0.39, 0.29) is 19.1 Å². The van der Waals surface area contributed by atoms with Crippen molar-refractivity contribution in [3.8, 4) is 0 Å². The van der Waals surface area contributed by atoms with Crippen molar-refractivity contribution in [1.82, 2.24) is 4.31 Å². The number of sulfonamides is 1. The van der Waals surface area contributed by atoms with Crippen molar-refractivity contribution < 1.29 is 17.2 Å². The molecular formula is C18H20F2N2O2S. The zero-order valence-corrected chi connectivity index (χ0v) is 14.9. The summed E-state index contributed by atoms with van der Waals surface area (Å²) in [6.45, 7) is 4.94. The minimum absolute atomic E-state index is 0.0604. The molecule has 7 heteroatoms. The van der Waals surface area contributed by atoms with E-state index in [2.05, 4.69) is 4.90 Å². The lowest BCUT2D eigenvalue weighted by molar-refractivity contribution is 0.341. The van der Waals surface area contributed by atoms with Crippen molar-refractivity contribution in [3.63, 3.8) is 0 Å². The molecule has 134 valence electrons. The first kappa shape index (κ1) is 17.8. The molecule has 4 nitrogen and oxygen atoms in total. The lowest BCUT2D eigenvalue weighted by Gasteiger charge is -2.40. The van der Waals surface area contributed by atoms with Crippen LogP contribution < -0.4 is 4.90 Å². The van der Waals surface area contributed by atoms with E-state index in [0.717, 1.165) is 23.4 Å². The van der Waals surface area contributed by atoms with E-state index in [1.807, 2.05) is 38.1 Å². The second kappa shape index (κ2) is 6.72. The van der Waals surface area contributed by atoms with Gasteiger partial charge < -0.3 is 4.90 Å². The molecule has 2 aromatic rings. The highest BCUT2D eigenvalue weighted by atomic mass is 32.2. The Morgan fingerprint density at radius 2 is 1.72 bits per heavy atom. The summed E-state index contributed by atoms with van der Waals surface area (Å²) in [6, 6.07) is 10.5. The molecule has 2 aromatic carbocycles. The van der Waals surface area contributed by atoms with Crippen LogP contribution in [0, 0.1) is 18.6 Å². The maximum absolute atomic E-state index is 13.9. The Morgan fingerprint density at radius 1 is 1.04 bits per heavy atom. The van der Waals surface area contributed by atoms with Crippen molar-refractivity contribution in [2.24, 2.45) is 0 Å². The van der Waals surface area contributed by atoms with Crippen molar-refractivity contribution in [2.45, 2.75) is 24.8 Å². The smallest absolute Gasteiger partial charge is 0.246 e. The maximum atomic E-state index is 13.9. The van der Waals surface area contributed by atoms with Gasteiger partial charge in [0.25, 0.3) is 0 Å². The minimum Gasteiger partial charge on any atom is -0.366 e. The van der Waals surface area contributed by atoms with E-state index < -0.39 is 26.6 Å². The molecule has 1 unspecified atom stereocenters. The second-order valence-electron chi connectivity index (χ2n) is 6.32. The van der Waals surface area contributed by atoms with E-state index in [4.69, 9.17) is 0 Å². The molecule has 0 aromatic heterocycles. The van der Waals surface area contributed by atoms with Crippen molar-refractivity contribution in [3.05, 3.63) is 59.7 Å². The summed E-state index contributed by atoms with van der Waals surface area (Å²) in [6.07, 6.45) is 0. The SMILES string of the molecule is Cc1ccc(N2CCN(S(=O)(=O)c3ccc(F)cc3F)CC2C)cc1. The molecule has 1 aliphatic heterocycles. The number of anilines is 1. The monoisotopic (exact) mass is 366 g/mol. The van der Waals surface area contributed by atoms with Gasteiger partial charge in [0.15, 0.2) is 0 Å². The molecule has 0 bridgehead atoms. The third kappa shape index (κ3) is 3.52. The molecular weight excluding hydrogens is 346 g/mol. The van der Waals surface area contributed by atoms with Gasteiger partial charge in [-0.15, -0.1) is 0 Å². The van der Waals surface area contributed by atoms with Gasteiger partial charge in [0.1, 0.15) is 16.5 Å². The third-order valence-electron chi connectivity index (χ3n) is 4.47. The maximum Gasteiger partial charge on any atom is 0.246 e. The number of hydrogen-bond acceptors (Lipinski definition) is 3. The number of halogens is 2. The molecule has 0 spiro atoms. The standard InChI is InChI=1S/C18H20F2N2O2S/c1-13-3-6-16(7-4-13)22-10-9-21(12-14(22)2)25(23,24)18-8-5-15(19)11-17(18)20/h3-8,11,14H,9-10,12H2,1-2H3. The normalized spacial score (nSPS) is 19.2. The first-order valence-electron chi connectivity index (χ1n) is 8.07. The zero-order chi connectivity index (χ0) is 18.2. The Bertz CT molecular complexity index is 869. The fraction of sp³-hybridized carbons (Fsp3) is 0.333. The molecule has 1 aliphatic rings. The number of rotatable bonds is 3. The second-order valence-corrected chi connectivity index (χ2v) is 8.22. The van der Waals surface area contributed by atoms with Gasteiger partial charge in [0.05, 0.1) is 0 Å². The predicted octanol–water partition coefficient (Wildman–Crippen LogP) is 3.17. The highest BCUT2D eigenvalue weighted by Gasteiger charge is 2.34. The zero-order valence-electron chi connectivity index (χ0n) is 14.1. The summed E-state index contributed by atoms with van der Waals surface area (Å²) in [5.74, 6) is -1.86. The van der Waals surface area contributed by atoms with Crippen LogP contribution >= 0.6 is 0 Å². The molecule has 0 amide bonds. The Labute approximate surface area is 146 Å². The first-order chi connectivity index (χ1) is 11.8. The van der Waals surface area contributed by atoms with Crippen LogP contribution in [-0.2, 0) is 10.0 Å². The first-order valence-corrected chi connectivity index (χ1v) is 9.51. The van der Waals surface area contributed by atoms with Crippen LogP contribution in [0.4, 0.5) is 14.5 Å². The summed E-state index contributed by atoms with van der Waals surface area (Å²) in [5.41, 5.74) is 2.19. The lowest BCUT2D eigenvalue weighted by atomic mass is 10.1. The molecule has 0 N–H and O–H groups in total. The molecule has 1 fully saturated rings. The topological polar surface area (TPSA) is 40.6 Å². The van der Waals surface area contributed by atoms with Gasteiger partial charge in [-0.2, -0.15) is 4.31 Å². The number of benzene rings is 2. The highest BCUT2D eigenvalue weighted by Crippen LogP contribution is 2.26. The molecule has 0 saturated carbocycles. The van der Waals surface area contributed by atoms with E-state index in [9.17, 15) is 17.2 Å². The van der Waals surface area contributed by atoms with E-state index in [0.29, 0.717) is 12.6 Å². The van der Waals surface area contributed by atoms with Crippen LogP contribution in [0.5, 0.6) is 0 Å². The molecule has 0 aliphatic carbocycles. The van der Waals surface area contributed by atoms with Gasteiger partial charge in [-0.3, -0.25) is 0 Å². The van der Waals surface area contributed by atoms with E-state index >= 15 is 0 Å². The average molecular weight is 366 g/mol. The Balaban J connectivity index is 1.81. The van der Waals surface area contributed by atoms with Crippen LogP contribution in [0.25, 0.3) is 0 Å². The third-order valence-corrected chi connectivity index (χ3v) is 6.37. The predicted molar refractivity (Wildman–Crippen MR) is 93.1 cm³/mol. The van der Waals surface area contributed by atoms with Gasteiger partial charge >= 0.3 is 0 Å². The van der Waals surface area contributed by atoms with Crippen LogP contribution in [0.2, 0.25) is 0 Å². The quantitative estimate of drug-likeness (QED) is 0.838. The lowest BCUT2D eigenvalue weighted by Crippen LogP contribution is -2.53. The molecule has 1 heterocycles. The molecule has 3 rings (SSSR count). The van der Waals surface area contributed by atoms with Crippen LogP contribution in [-0.4, -0.2) is 38.4 Å². The molecule has 1 saturated heterocycles. The summed E-state index contributed by atoms with van der Waals surface area (Å²) in [4.78, 5) is 1.65. The van der Waals surface area contributed by atoms with Gasteiger partial charge in [-0.25, -0.2) is 17.2 Å². The van der Waals surface area contributed by atoms with Crippen molar-refractivity contribution >= 4 is 15.7 Å². The van der Waals surface area contributed by atoms with Gasteiger partial charge in [-0.05, 0) is 38.1 Å². The summed E-state index contributed by atoms with van der Waals surface area (Å²) in [7, 11) is -3.99. The Hall–Kier alpha value is -1.99. The average Bonchev–Trinajstić information content (AvgIpc) is 2.55. The molecule has 0 radical (unpaired) electrons. The van der Waals surface area contributed by atoms with Crippen LogP contribution in [0.15, 0.2) is 47.4 Å². The number of nitrogens with zero attached hydrogens (tertiary/aromatic N) is 2. The fourth-order valence-corrected chi connectivity index (χ4v) is 4.64. The molecule has 25 heavy (non-hydrogen) atoms. The minimum atomic E-state index is -3.99. The summed E-state index contributed by atoms with van der Waals surface area (Å²) in [5, 5.41) is 0. The van der Waals surface area contributed by atoms with Crippen LogP contribution in [0.1, 0.15) is 12.5 Å². The van der Waals surface area contributed by atoms with E-state index in [1.165, 1.54) is 4.31 Å². The number of piperazine rings is 1. The Kier molecular flexibility index (Phi) is 4.79. The van der Waals surface area contributed by atoms with Gasteiger partial charge in [0, 0.05) is 37.4 Å².